The number of hydrogen-bond donors (Lipinski definition) is 0. The fraction of sp³-hybridized carbons (Fsp3) is 0.333. The van der Waals surface area contributed by atoms with Crippen LogP contribution in [0.4, 0.5) is 5.69 Å². The van der Waals surface area contributed by atoms with Crippen LogP contribution in [-0.4, -0.2) is 34.3 Å². The summed E-state index contributed by atoms with van der Waals surface area (Å²) in [5.41, 5.74) is 12.3. The Hall–Kier alpha value is -3.41. The van der Waals surface area contributed by atoms with Crippen molar-refractivity contribution in [3.05, 3.63) is 124 Å². The first-order valence-corrected chi connectivity index (χ1v) is 17.5. The number of nitrogens with zero attached hydrogens (tertiary/aromatic N) is 3. The summed E-state index contributed by atoms with van der Waals surface area (Å²) in [4.78, 5) is 8.83. The van der Waals surface area contributed by atoms with Gasteiger partial charge in [0.2, 0.25) is 5.69 Å². The van der Waals surface area contributed by atoms with Gasteiger partial charge in [-0.3, -0.25) is 0 Å². The molecule has 0 amide bonds. The average molecular weight is 617 g/mol. The number of benzene rings is 2. The Morgan fingerprint density at radius 3 is 2.52 bits per heavy atom. The minimum absolute atomic E-state index is 0.0393. The van der Waals surface area contributed by atoms with Crippen LogP contribution in [0.15, 0.2) is 122 Å². The number of likely N-dealkylation sites (N-methyl/N-ethyl adjacent to an activating group) is 1. The monoisotopic (exact) mass is 616 g/mol. The molecule has 2 aromatic carbocycles. The van der Waals surface area contributed by atoms with E-state index in [2.05, 4.69) is 136 Å². The summed E-state index contributed by atoms with van der Waals surface area (Å²) >= 11 is 3.66. The number of aromatic nitrogens is 1. The summed E-state index contributed by atoms with van der Waals surface area (Å²) in [7, 11) is 4.44. The van der Waals surface area contributed by atoms with Crippen LogP contribution in [0.1, 0.15) is 65.4 Å². The van der Waals surface area contributed by atoms with Gasteiger partial charge in [-0.05, 0) is 87.0 Å². The lowest BCUT2D eigenvalue weighted by molar-refractivity contribution is -0.401. The van der Waals surface area contributed by atoms with Crippen LogP contribution in [0.3, 0.4) is 0 Å². The standard InChI is InChI=1S/C39H42N3S2/c1-38(2)28-16-7-10-19-31(28)41(5)34(38)24-22-26-14-13-15-27(36(26)44-37-40-30-18-9-12-21-33(30)43-37)23-25-35-39(3,4)29-17-8-11-20-32(29)42(35)6/h7,9-12,16,18-25H,8,13-15,17H2,1-6H3/q+1. The molecule has 0 saturated heterocycles. The summed E-state index contributed by atoms with van der Waals surface area (Å²) in [5.74, 6) is 0. The maximum absolute atomic E-state index is 5.04. The minimum atomic E-state index is -0.0420. The molecule has 5 heteroatoms. The molecule has 1 aromatic heterocycles. The number of thioether (sulfide) groups is 1. The van der Waals surface area contributed by atoms with Crippen molar-refractivity contribution in [3.8, 4) is 0 Å². The Balaban J connectivity index is 1.30. The average Bonchev–Trinajstić information content (AvgIpc) is 3.58. The lowest BCUT2D eigenvalue weighted by Crippen LogP contribution is -2.26. The van der Waals surface area contributed by atoms with Crippen molar-refractivity contribution in [2.75, 3.05) is 14.1 Å². The molecule has 3 nitrogen and oxygen atoms in total. The largest absolute Gasteiger partial charge is 0.347 e. The van der Waals surface area contributed by atoms with Crippen molar-refractivity contribution in [2.24, 2.45) is 5.41 Å². The first kappa shape index (κ1) is 29.3. The van der Waals surface area contributed by atoms with Gasteiger partial charge in [0.1, 0.15) is 7.05 Å². The van der Waals surface area contributed by atoms with Gasteiger partial charge in [-0.15, -0.1) is 11.3 Å². The molecule has 7 rings (SSSR count). The van der Waals surface area contributed by atoms with E-state index in [4.69, 9.17) is 4.98 Å². The van der Waals surface area contributed by atoms with Crippen molar-refractivity contribution in [1.82, 2.24) is 9.88 Å². The third-order valence-corrected chi connectivity index (χ3v) is 12.4. The third-order valence-electron chi connectivity index (χ3n) is 10.0. The van der Waals surface area contributed by atoms with Crippen molar-refractivity contribution in [1.29, 1.82) is 0 Å². The van der Waals surface area contributed by atoms with Crippen molar-refractivity contribution >= 4 is 44.7 Å². The van der Waals surface area contributed by atoms with E-state index in [0.717, 1.165) is 42.0 Å². The smallest absolute Gasteiger partial charge is 0.209 e. The molecule has 0 spiro atoms. The zero-order valence-electron chi connectivity index (χ0n) is 26.8. The van der Waals surface area contributed by atoms with Gasteiger partial charge in [-0.1, -0.05) is 74.2 Å². The van der Waals surface area contributed by atoms with Crippen molar-refractivity contribution in [2.45, 2.75) is 69.6 Å². The van der Waals surface area contributed by atoms with E-state index in [1.807, 2.05) is 11.8 Å². The maximum atomic E-state index is 5.04. The second kappa shape index (κ2) is 11.2. The van der Waals surface area contributed by atoms with E-state index < -0.39 is 0 Å². The summed E-state index contributed by atoms with van der Waals surface area (Å²) in [6.07, 6.45) is 19.9. The Morgan fingerprint density at radius 1 is 0.932 bits per heavy atom. The molecule has 3 heterocycles. The van der Waals surface area contributed by atoms with Crippen LogP contribution in [0.2, 0.25) is 0 Å². The maximum Gasteiger partial charge on any atom is 0.209 e. The molecule has 0 atom stereocenters. The lowest BCUT2D eigenvalue weighted by atomic mass is 9.79. The van der Waals surface area contributed by atoms with Gasteiger partial charge >= 0.3 is 0 Å². The predicted octanol–water partition coefficient (Wildman–Crippen LogP) is 10.5. The van der Waals surface area contributed by atoms with Crippen molar-refractivity contribution < 1.29 is 4.58 Å². The SMILES string of the molecule is CN1C(=CC=C2CCCC(C=CC3=[N+](C)c4ccccc4C3(C)C)=C2Sc2nc3ccccc3s2)C(C)(C)C2=C1C=CCC2. The van der Waals surface area contributed by atoms with Gasteiger partial charge in [0.05, 0.1) is 15.6 Å². The fourth-order valence-electron chi connectivity index (χ4n) is 7.62. The summed E-state index contributed by atoms with van der Waals surface area (Å²) in [5, 5.41) is 0. The molecule has 2 aliphatic carbocycles. The Bertz CT molecular complexity index is 1850. The number of para-hydroxylation sites is 2. The van der Waals surface area contributed by atoms with E-state index in [9.17, 15) is 0 Å². The second-order valence-corrected chi connectivity index (χ2v) is 15.7. The highest BCUT2D eigenvalue weighted by atomic mass is 32.2. The van der Waals surface area contributed by atoms with Crippen LogP contribution in [-0.2, 0) is 5.41 Å². The summed E-state index contributed by atoms with van der Waals surface area (Å²) in [6, 6.07) is 17.3. The van der Waals surface area contributed by atoms with Crippen LogP contribution in [0.25, 0.3) is 10.2 Å². The van der Waals surface area contributed by atoms with Gasteiger partial charge in [0.25, 0.3) is 0 Å². The van der Waals surface area contributed by atoms with Gasteiger partial charge in [0.15, 0.2) is 10.1 Å². The molecule has 0 saturated carbocycles. The molecule has 0 unspecified atom stereocenters. The van der Waals surface area contributed by atoms with Crippen LogP contribution < -0.4 is 0 Å². The zero-order valence-corrected chi connectivity index (χ0v) is 28.4. The lowest BCUT2D eigenvalue weighted by Gasteiger charge is -2.27. The normalized spacial score (nSPS) is 22.8. The molecule has 2 aliphatic heterocycles. The molecule has 224 valence electrons. The van der Waals surface area contributed by atoms with Gasteiger partial charge < -0.3 is 4.90 Å². The predicted molar refractivity (Wildman–Crippen MR) is 189 cm³/mol. The van der Waals surface area contributed by atoms with Crippen molar-refractivity contribution in [3.63, 3.8) is 0 Å². The molecule has 0 bridgehead atoms. The van der Waals surface area contributed by atoms with E-state index in [0.29, 0.717) is 0 Å². The molecule has 0 radical (unpaired) electrons. The number of rotatable bonds is 5. The Kier molecular flexibility index (Phi) is 7.45. The van der Waals surface area contributed by atoms with Crippen LogP contribution in [0, 0.1) is 5.41 Å². The van der Waals surface area contributed by atoms with E-state index in [-0.39, 0.29) is 10.8 Å². The minimum Gasteiger partial charge on any atom is -0.347 e. The molecule has 0 fully saturated rings. The van der Waals surface area contributed by atoms with Gasteiger partial charge in [-0.2, -0.15) is 4.58 Å². The van der Waals surface area contributed by atoms with E-state index in [1.54, 1.807) is 16.9 Å². The molecule has 4 aliphatic rings. The molecular weight excluding hydrogens is 575 g/mol. The molecule has 3 aromatic rings. The quantitative estimate of drug-likeness (QED) is 0.266. The number of hydrogen-bond acceptors (Lipinski definition) is 4. The second-order valence-electron chi connectivity index (χ2n) is 13.4. The van der Waals surface area contributed by atoms with Crippen LogP contribution in [0.5, 0.6) is 0 Å². The first-order valence-electron chi connectivity index (χ1n) is 15.9. The van der Waals surface area contributed by atoms with Gasteiger partial charge in [0, 0.05) is 46.5 Å². The fourth-order valence-corrected chi connectivity index (χ4v) is 9.92. The summed E-state index contributed by atoms with van der Waals surface area (Å²) < 4.78 is 4.74. The Labute approximate surface area is 270 Å². The first-order chi connectivity index (χ1) is 21.2. The van der Waals surface area contributed by atoms with Crippen LogP contribution >= 0.6 is 23.1 Å². The third kappa shape index (κ3) is 4.89. The zero-order chi connectivity index (χ0) is 30.6. The highest BCUT2D eigenvalue weighted by Gasteiger charge is 2.43. The van der Waals surface area contributed by atoms with E-state index in [1.165, 1.54) is 49.1 Å². The molecular formula is C39H42N3S2+. The number of fused-ring (bicyclic) bond motifs is 2. The number of allylic oxidation sites excluding steroid dienone is 9. The highest BCUT2D eigenvalue weighted by molar-refractivity contribution is 8.05. The highest BCUT2D eigenvalue weighted by Crippen LogP contribution is 2.50. The number of thiazole rings is 1. The Morgan fingerprint density at radius 2 is 1.73 bits per heavy atom. The molecule has 44 heavy (non-hydrogen) atoms. The van der Waals surface area contributed by atoms with E-state index >= 15 is 0 Å². The summed E-state index contributed by atoms with van der Waals surface area (Å²) in [6.45, 7) is 9.49. The topological polar surface area (TPSA) is 19.1 Å². The molecule has 0 N–H and O–H groups in total. The van der Waals surface area contributed by atoms with Gasteiger partial charge in [-0.25, -0.2) is 4.98 Å².